The van der Waals surface area contributed by atoms with E-state index in [-0.39, 0.29) is 23.1 Å². The number of thiophene rings is 1. The molecule has 2 atom stereocenters. The number of thioether (sulfide) groups is 1. The quantitative estimate of drug-likeness (QED) is 0.913. The molecule has 1 aliphatic heterocycles. The van der Waals surface area contributed by atoms with Gasteiger partial charge in [-0.3, -0.25) is 9.59 Å². The molecule has 23 heavy (non-hydrogen) atoms. The number of hydrogen-bond donors (Lipinski definition) is 1. The van der Waals surface area contributed by atoms with Crippen molar-refractivity contribution in [2.75, 3.05) is 12.4 Å². The van der Waals surface area contributed by atoms with Crippen molar-refractivity contribution in [2.24, 2.45) is 0 Å². The number of benzene rings is 1. The maximum Gasteiger partial charge on any atom is 0.254 e. The second kappa shape index (κ2) is 6.37. The minimum atomic E-state index is -0.106. The molecule has 0 saturated heterocycles. The molecule has 0 saturated carbocycles. The van der Waals surface area contributed by atoms with Gasteiger partial charge in [0.15, 0.2) is 0 Å². The molecule has 3 rings (SSSR count). The summed E-state index contributed by atoms with van der Waals surface area (Å²) in [5.74, 6) is -0.0704. The third-order valence-electron chi connectivity index (χ3n) is 4.01. The lowest BCUT2D eigenvalue weighted by atomic mass is 10.1. The van der Waals surface area contributed by atoms with Crippen LogP contribution in [0.15, 0.2) is 40.6 Å². The van der Waals surface area contributed by atoms with Crippen molar-refractivity contribution in [3.8, 4) is 0 Å². The van der Waals surface area contributed by atoms with Crippen LogP contribution in [0.3, 0.4) is 0 Å². The Morgan fingerprint density at radius 2 is 2.13 bits per heavy atom. The van der Waals surface area contributed by atoms with Crippen LogP contribution in [-0.4, -0.2) is 29.0 Å². The number of carbonyl (C=O) groups is 2. The summed E-state index contributed by atoms with van der Waals surface area (Å²) in [5, 5.41) is 4.78. The van der Waals surface area contributed by atoms with Gasteiger partial charge in [-0.1, -0.05) is 6.07 Å². The number of rotatable bonds is 3. The Morgan fingerprint density at radius 1 is 1.35 bits per heavy atom. The van der Waals surface area contributed by atoms with Gasteiger partial charge in [0.05, 0.1) is 17.0 Å². The van der Waals surface area contributed by atoms with Crippen LogP contribution in [0.1, 0.15) is 35.1 Å². The van der Waals surface area contributed by atoms with Crippen LogP contribution in [0.2, 0.25) is 0 Å². The number of nitrogens with zero attached hydrogens (tertiary/aromatic N) is 1. The molecule has 0 aliphatic carbocycles. The molecule has 0 radical (unpaired) electrons. The van der Waals surface area contributed by atoms with Gasteiger partial charge in [-0.2, -0.15) is 0 Å². The Labute approximate surface area is 143 Å². The third-order valence-corrected chi connectivity index (χ3v) is 6.23. The predicted octanol–water partition coefficient (Wildman–Crippen LogP) is 4.01. The summed E-state index contributed by atoms with van der Waals surface area (Å²) >= 11 is 3.16. The van der Waals surface area contributed by atoms with Gasteiger partial charge in [-0.15, -0.1) is 23.1 Å². The summed E-state index contributed by atoms with van der Waals surface area (Å²) < 4.78 is 0. The van der Waals surface area contributed by atoms with Gasteiger partial charge in [0.2, 0.25) is 5.91 Å². The van der Waals surface area contributed by atoms with Crippen molar-refractivity contribution < 1.29 is 9.59 Å². The van der Waals surface area contributed by atoms with E-state index in [1.165, 1.54) is 11.8 Å². The standard InChI is InChI=1S/C17H18N2O2S2/c1-10(14-5-4-8-22-14)19(3)17(21)12-6-7-15-13(9-12)18-16(20)11(2)23-15/h4-11H,1-3H3,(H,18,20)/t10-,11-/m1/s1. The maximum absolute atomic E-state index is 12.7. The summed E-state index contributed by atoms with van der Waals surface area (Å²) in [6, 6.07) is 9.54. The lowest BCUT2D eigenvalue weighted by Crippen LogP contribution is -2.30. The summed E-state index contributed by atoms with van der Waals surface area (Å²) in [6.07, 6.45) is 0. The van der Waals surface area contributed by atoms with E-state index in [0.717, 1.165) is 15.5 Å². The summed E-state index contributed by atoms with van der Waals surface area (Å²) in [7, 11) is 1.81. The smallest absolute Gasteiger partial charge is 0.254 e. The average molecular weight is 346 g/mol. The van der Waals surface area contributed by atoms with E-state index in [1.54, 1.807) is 22.3 Å². The fourth-order valence-electron chi connectivity index (χ4n) is 2.44. The Hall–Kier alpha value is -1.79. The fraction of sp³-hybridized carbons (Fsp3) is 0.294. The van der Waals surface area contributed by atoms with Crippen LogP contribution in [-0.2, 0) is 4.79 Å². The van der Waals surface area contributed by atoms with Crippen LogP contribution in [0, 0.1) is 0 Å². The highest BCUT2D eigenvalue weighted by atomic mass is 32.2. The average Bonchev–Trinajstić information content (AvgIpc) is 3.08. The summed E-state index contributed by atoms with van der Waals surface area (Å²) in [4.78, 5) is 28.4. The number of fused-ring (bicyclic) bond motifs is 1. The van der Waals surface area contributed by atoms with Crippen molar-refractivity contribution in [1.29, 1.82) is 0 Å². The number of amides is 2. The van der Waals surface area contributed by atoms with Crippen LogP contribution in [0.4, 0.5) is 5.69 Å². The SMILES string of the molecule is C[C@H](c1cccs1)N(C)C(=O)c1ccc2c(c1)NC(=O)[C@@H](C)S2. The molecule has 1 N–H and O–H groups in total. The normalized spacial score (nSPS) is 18.0. The van der Waals surface area contributed by atoms with Crippen LogP contribution in [0.5, 0.6) is 0 Å². The van der Waals surface area contributed by atoms with Crippen LogP contribution < -0.4 is 5.32 Å². The highest BCUT2D eigenvalue weighted by Crippen LogP contribution is 2.36. The van der Waals surface area contributed by atoms with E-state index in [0.29, 0.717) is 5.56 Å². The van der Waals surface area contributed by atoms with Crippen LogP contribution in [0.25, 0.3) is 0 Å². The molecule has 1 aliphatic rings. The van der Waals surface area contributed by atoms with Gasteiger partial charge in [0.25, 0.3) is 5.91 Å². The van der Waals surface area contributed by atoms with Gasteiger partial charge in [0, 0.05) is 22.4 Å². The molecular formula is C17H18N2O2S2. The first kappa shape index (κ1) is 16.1. The molecule has 6 heteroatoms. The molecule has 2 aromatic rings. The first-order chi connectivity index (χ1) is 11.0. The van der Waals surface area contributed by atoms with E-state index >= 15 is 0 Å². The van der Waals surface area contributed by atoms with E-state index in [9.17, 15) is 9.59 Å². The number of anilines is 1. The monoisotopic (exact) mass is 346 g/mol. The molecular weight excluding hydrogens is 328 g/mol. The Balaban J connectivity index is 1.83. The van der Waals surface area contributed by atoms with Crippen molar-refractivity contribution in [3.05, 3.63) is 46.2 Å². The summed E-state index contributed by atoms with van der Waals surface area (Å²) in [5.41, 5.74) is 1.31. The summed E-state index contributed by atoms with van der Waals surface area (Å²) in [6.45, 7) is 3.89. The van der Waals surface area contributed by atoms with Gasteiger partial charge in [-0.05, 0) is 43.5 Å². The molecule has 1 aromatic heterocycles. The molecule has 2 heterocycles. The minimum Gasteiger partial charge on any atom is -0.334 e. The molecule has 0 spiro atoms. The lowest BCUT2D eigenvalue weighted by molar-refractivity contribution is -0.115. The second-order valence-corrected chi connectivity index (χ2v) is 7.93. The first-order valence-corrected chi connectivity index (χ1v) is 9.15. The van der Waals surface area contributed by atoms with E-state index in [1.807, 2.05) is 50.5 Å². The predicted molar refractivity (Wildman–Crippen MR) is 95.2 cm³/mol. The number of nitrogens with one attached hydrogen (secondary N) is 1. The molecule has 0 unspecified atom stereocenters. The van der Waals surface area contributed by atoms with Gasteiger partial charge in [-0.25, -0.2) is 0 Å². The fourth-order valence-corrected chi connectivity index (χ4v) is 4.20. The third kappa shape index (κ3) is 3.14. The van der Waals surface area contributed by atoms with Crippen molar-refractivity contribution in [1.82, 2.24) is 4.90 Å². The first-order valence-electron chi connectivity index (χ1n) is 7.39. The van der Waals surface area contributed by atoms with Crippen molar-refractivity contribution >= 4 is 40.6 Å². The van der Waals surface area contributed by atoms with Crippen molar-refractivity contribution in [3.63, 3.8) is 0 Å². The Kier molecular flexibility index (Phi) is 4.46. The molecule has 0 bridgehead atoms. The highest BCUT2D eigenvalue weighted by Gasteiger charge is 2.25. The van der Waals surface area contributed by atoms with E-state index < -0.39 is 0 Å². The second-order valence-electron chi connectivity index (χ2n) is 5.57. The number of hydrogen-bond acceptors (Lipinski definition) is 4. The Bertz CT molecular complexity index is 743. The molecule has 120 valence electrons. The molecule has 2 amide bonds. The number of carbonyl (C=O) groups excluding carboxylic acids is 2. The zero-order chi connectivity index (χ0) is 16.6. The van der Waals surface area contributed by atoms with Crippen molar-refractivity contribution in [2.45, 2.75) is 30.0 Å². The van der Waals surface area contributed by atoms with Crippen LogP contribution >= 0.6 is 23.1 Å². The zero-order valence-electron chi connectivity index (χ0n) is 13.2. The highest BCUT2D eigenvalue weighted by molar-refractivity contribution is 8.00. The lowest BCUT2D eigenvalue weighted by Gasteiger charge is -2.26. The Morgan fingerprint density at radius 3 is 2.83 bits per heavy atom. The van der Waals surface area contributed by atoms with Gasteiger partial charge >= 0.3 is 0 Å². The maximum atomic E-state index is 12.7. The zero-order valence-corrected chi connectivity index (χ0v) is 14.8. The minimum absolute atomic E-state index is 0.0162. The van der Waals surface area contributed by atoms with Gasteiger partial charge in [0.1, 0.15) is 0 Å². The van der Waals surface area contributed by atoms with Gasteiger partial charge < -0.3 is 10.2 Å². The largest absolute Gasteiger partial charge is 0.334 e. The molecule has 0 fully saturated rings. The topological polar surface area (TPSA) is 49.4 Å². The molecule has 4 nitrogen and oxygen atoms in total. The van der Waals surface area contributed by atoms with E-state index in [4.69, 9.17) is 0 Å². The molecule has 1 aromatic carbocycles. The van der Waals surface area contributed by atoms with E-state index in [2.05, 4.69) is 5.32 Å².